The number of aromatic nitrogens is 2. The molecule has 2 fully saturated rings. The fraction of sp³-hybridized carbons (Fsp3) is 0.500. The standard InChI is InChI=1S/C18H21N3O4/c22-17(14-9-20-25-10-14)21-7-3-5-18(13-21)8-16(12-24-18)23-11-15-4-1-2-6-19-15/h1-2,4,6,9-10,16H,3,5,7-8,11-13H2/t16-,18-/m0/s1. The molecule has 7 heteroatoms. The number of hydrogen-bond acceptors (Lipinski definition) is 6. The van der Waals surface area contributed by atoms with Gasteiger partial charge in [-0.05, 0) is 25.0 Å². The van der Waals surface area contributed by atoms with Crippen molar-refractivity contribution in [2.75, 3.05) is 19.7 Å². The van der Waals surface area contributed by atoms with E-state index in [9.17, 15) is 4.79 Å². The number of piperidine rings is 1. The van der Waals surface area contributed by atoms with Crippen LogP contribution in [0.2, 0.25) is 0 Å². The number of nitrogens with zero attached hydrogens (tertiary/aromatic N) is 3. The average Bonchev–Trinajstić information content (AvgIpc) is 3.31. The molecule has 0 bridgehead atoms. The summed E-state index contributed by atoms with van der Waals surface area (Å²) in [5, 5.41) is 3.61. The molecule has 2 aromatic heterocycles. The summed E-state index contributed by atoms with van der Waals surface area (Å²) in [7, 11) is 0. The predicted octanol–water partition coefficient (Wildman–Crippen LogP) is 2.05. The Morgan fingerprint density at radius 1 is 1.44 bits per heavy atom. The van der Waals surface area contributed by atoms with Gasteiger partial charge in [-0.3, -0.25) is 9.78 Å². The lowest BCUT2D eigenvalue weighted by Gasteiger charge is -2.39. The van der Waals surface area contributed by atoms with Crippen LogP contribution >= 0.6 is 0 Å². The molecule has 2 aliphatic rings. The van der Waals surface area contributed by atoms with Crippen molar-refractivity contribution in [3.8, 4) is 0 Å². The largest absolute Gasteiger partial charge is 0.370 e. The third-order valence-electron chi connectivity index (χ3n) is 4.87. The van der Waals surface area contributed by atoms with Gasteiger partial charge in [-0.15, -0.1) is 0 Å². The quantitative estimate of drug-likeness (QED) is 0.845. The van der Waals surface area contributed by atoms with Crippen molar-refractivity contribution in [3.05, 3.63) is 48.1 Å². The van der Waals surface area contributed by atoms with Crippen molar-refractivity contribution in [1.29, 1.82) is 0 Å². The Hall–Kier alpha value is -2.25. The Morgan fingerprint density at radius 2 is 2.40 bits per heavy atom. The Kier molecular flexibility index (Phi) is 4.50. The fourth-order valence-corrected chi connectivity index (χ4v) is 3.65. The zero-order valence-corrected chi connectivity index (χ0v) is 14.0. The first-order valence-corrected chi connectivity index (χ1v) is 8.58. The van der Waals surface area contributed by atoms with Crippen molar-refractivity contribution in [2.45, 2.75) is 37.6 Å². The second kappa shape index (κ2) is 6.93. The lowest BCUT2D eigenvalue weighted by Crippen LogP contribution is -2.50. The molecule has 25 heavy (non-hydrogen) atoms. The van der Waals surface area contributed by atoms with Crippen LogP contribution in [0.25, 0.3) is 0 Å². The zero-order chi connectivity index (χ0) is 17.1. The predicted molar refractivity (Wildman–Crippen MR) is 87.8 cm³/mol. The van der Waals surface area contributed by atoms with Gasteiger partial charge in [0.05, 0.1) is 48.9 Å². The normalized spacial score (nSPS) is 26.2. The summed E-state index contributed by atoms with van der Waals surface area (Å²) in [6.07, 6.45) is 7.31. The summed E-state index contributed by atoms with van der Waals surface area (Å²) >= 11 is 0. The lowest BCUT2D eigenvalue weighted by molar-refractivity contribution is -0.0466. The van der Waals surface area contributed by atoms with Crippen molar-refractivity contribution in [3.63, 3.8) is 0 Å². The summed E-state index contributed by atoms with van der Waals surface area (Å²) in [6.45, 7) is 2.35. The van der Waals surface area contributed by atoms with Gasteiger partial charge in [-0.25, -0.2) is 0 Å². The minimum absolute atomic E-state index is 0.0349. The van der Waals surface area contributed by atoms with Gasteiger partial charge in [0.2, 0.25) is 0 Å². The fourth-order valence-electron chi connectivity index (χ4n) is 3.65. The number of ether oxygens (including phenoxy) is 2. The molecule has 0 N–H and O–H groups in total. The van der Waals surface area contributed by atoms with Crippen molar-refractivity contribution in [1.82, 2.24) is 15.0 Å². The Labute approximate surface area is 145 Å². The van der Waals surface area contributed by atoms with E-state index in [0.29, 0.717) is 25.3 Å². The SMILES string of the molecule is O=C(c1cnoc1)N1CCC[C@]2(C[C@H](OCc3ccccn3)CO2)C1. The van der Waals surface area contributed by atoms with Crippen LogP contribution in [0.1, 0.15) is 35.3 Å². The maximum Gasteiger partial charge on any atom is 0.258 e. The first-order valence-electron chi connectivity index (χ1n) is 8.58. The van der Waals surface area contributed by atoms with Gasteiger partial charge in [0.15, 0.2) is 0 Å². The van der Waals surface area contributed by atoms with Crippen molar-refractivity contribution in [2.24, 2.45) is 0 Å². The number of amides is 1. The second-order valence-corrected chi connectivity index (χ2v) is 6.70. The molecule has 2 aliphatic heterocycles. The minimum atomic E-state index is -0.306. The van der Waals surface area contributed by atoms with Crippen LogP contribution in [0.3, 0.4) is 0 Å². The molecule has 132 valence electrons. The molecule has 0 aliphatic carbocycles. The van der Waals surface area contributed by atoms with E-state index in [1.165, 1.54) is 12.5 Å². The van der Waals surface area contributed by atoms with Gasteiger partial charge in [-0.1, -0.05) is 11.2 Å². The van der Waals surface area contributed by atoms with Crippen LogP contribution in [0, 0.1) is 0 Å². The highest BCUT2D eigenvalue weighted by Gasteiger charge is 2.45. The zero-order valence-electron chi connectivity index (χ0n) is 14.0. The van der Waals surface area contributed by atoms with Gasteiger partial charge >= 0.3 is 0 Å². The first kappa shape index (κ1) is 16.2. The Balaban J connectivity index is 1.35. The topological polar surface area (TPSA) is 77.7 Å². The van der Waals surface area contributed by atoms with E-state index in [4.69, 9.17) is 14.0 Å². The molecule has 0 aromatic carbocycles. The summed E-state index contributed by atoms with van der Waals surface area (Å²) in [4.78, 5) is 18.6. The summed E-state index contributed by atoms with van der Waals surface area (Å²) in [5.41, 5.74) is 1.09. The van der Waals surface area contributed by atoms with Gasteiger partial charge in [0.25, 0.3) is 5.91 Å². The summed E-state index contributed by atoms with van der Waals surface area (Å²) in [6, 6.07) is 5.79. The molecule has 0 saturated carbocycles. The number of carbonyl (C=O) groups is 1. The minimum Gasteiger partial charge on any atom is -0.370 e. The Bertz CT molecular complexity index is 706. The molecule has 4 rings (SSSR count). The lowest BCUT2D eigenvalue weighted by atomic mass is 9.89. The first-order chi connectivity index (χ1) is 12.2. The van der Waals surface area contributed by atoms with Crippen LogP contribution in [-0.2, 0) is 16.1 Å². The molecule has 1 amide bonds. The number of likely N-dealkylation sites (tertiary alicyclic amines) is 1. The third kappa shape index (κ3) is 3.57. The highest BCUT2D eigenvalue weighted by atomic mass is 16.6. The van der Waals surface area contributed by atoms with E-state index < -0.39 is 0 Å². The number of hydrogen-bond donors (Lipinski definition) is 0. The van der Waals surface area contributed by atoms with E-state index in [1.54, 1.807) is 6.20 Å². The Morgan fingerprint density at radius 3 is 3.20 bits per heavy atom. The van der Waals surface area contributed by atoms with Gasteiger partial charge in [0, 0.05) is 19.2 Å². The van der Waals surface area contributed by atoms with E-state index >= 15 is 0 Å². The molecule has 2 atom stereocenters. The summed E-state index contributed by atoms with van der Waals surface area (Å²) in [5.74, 6) is -0.0539. The molecule has 1 spiro atoms. The molecule has 0 radical (unpaired) electrons. The van der Waals surface area contributed by atoms with Gasteiger partial charge in [0.1, 0.15) is 6.26 Å². The summed E-state index contributed by atoms with van der Waals surface area (Å²) < 4.78 is 16.9. The van der Waals surface area contributed by atoms with E-state index in [1.807, 2.05) is 23.1 Å². The van der Waals surface area contributed by atoms with Crippen molar-refractivity contribution >= 4 is 5.91 Å². The molecule has 2 aromatic rings. The van der Waals surface area contributed by atoms with Crippen LogP contribution in [-0.4, -0.2) is 52.3 Å². The van der Waals surface area contributed by atoms with E-state index in [0.717, 1.165) is 31.5 Å². The maximum absolute atomic E-state index is 12.5. The van der Waals surface area contributed by atoms with Crippen molar-refractivity contribution < 1.29 is 18.8 Å². The monoisotopic (exact) mass is 343 g/mol. The van der Waals surface area contributed by atoms with E-state index in [2.05, 4.69) is 10.1 Å². The van der Waals surface area contributed by atoms with E-state index in [-0.39, 0.29) is 17.6 Å². The maximum atomic E-state index is 12.5. The molecule has 0 unspecified atom stereocenters. The molecule has 4 heterocycles. The number of rotatable bonds is 4. The van der Waals surface area contributed by atoms with Crippen LogP contribution in [0.4, 0.5) is 0 Å². The smallest absolute Gasteiger partial charge is 0.258 e. The highest BCUT2D eigenvalue weighted by Crippen LogP contribution is 2.36. The number of pyridine rings is 1. The van der Waals surface area contributed by atoms with Gasteiger partial charge < -0.3 is 18.9 Å². The molecular weight excluding hydrogens is 322 g/mol. The number of carbonyl (C=O) groups excluding carboxylic acids is 1. The van der Waals surface area contributed by atoms with Crippen LogP contribution in [0.5, 0.6) is 0 Å². The average molecular weight is 343 g/mol. The van der Waals surface area contributed by atoms with Gasteiger partial charge in [-0.2, -0.15) is 0 Å². The second-order valence-electron chi connectivity index (χ2n) is 6.70. The molecule has 2 saturated heterocycles. The van der Waals surface area contributed by atoms with Crippen LogP contribution in [0.15, 0.2) is 41.4 Å². The third-order valence-corrected chi connectivity index (χ3v) is 4.87. The van der Waals surface area contributed by atoms with Crippen LogP contribution < -0.4 is 0 Å². The molecule has 7 nitrogen and oxygen atoms in total. The highest BCUT2D eigenvalue weighted by molar-refractivity contribution is 5.93. The molecular formula is C18H21N3O4.